The lowest BCUT2D eigenvalue weighted by molar-refractivity contribution is -0.116. The number of amides is 1. The van der Waals surface area contributed by atoms with Crippen LogP contribution >= 0.6 is 11.6 Å². The number of nitrogens with zero attached hydrogens (tertiary/aromatic N) is 3. The second-order valence-electron chi connectivity index (χ2n) is 12.3. The van der Waals surface area contributed by atoms with E-state index in [9.17, 15) is 18.0 Å². The zero-order valence-corrected chi connectivity index (χ0v) is 30.6. The van der Waals surface area contributed by atoms with Crippen LogP contribution in [0.4, 0.5) is 5.69 Å². The number of fused-ring (bicyclic) bond motifs is 1. The Morgan fingerprint density at radius 1 is 0.917 bits per heavy atom. The van der Waals surface area contributed by atoms with Gasteiger partial charge in [0.15, 0.2) is 5.38 Å². The van der Waals surface area contributed by atoms with Gasteiger partial charge in [-0.3, -0.25) is 14.2 Å². The number of unbranched alkanes of at least 4 members (excludes halogenated alkanes) is 11. The molecule has 0 saturated carbocycles. The number of hydrogen-bond donors (Lipinski definition) is 1. The van der Waals surface area contributed by atoms with Gasteiger partial charge < -0.3 is 14.8 Å². The van der Waals surface area contributed by atoms with Crippen molar-refractivity contribution in [3.05, 3.63) is 58.6 Å². The van der Waals surface area contributed by atoms with E-state index in [0.29, 0.717) is 30.5 Å². The summed E-state index contributed by atoms with van der Waals surface area (Å²) in [6.45, 7) is 3.67. The Morgan fingerprint density at radius 2 is 1.52 bits per heavy atom. The number of ether oxygens (including phenoxy) is 2. The van der Waals surface area contributed by atoms with Gasteiger partial charge in [-0.1, -0.05) is 89.7 Å². The topological polar surface area (TPSA) is 120 Å². The Hall–Kier alpha value is -2.99. The minimum atomic E-state index is -3.72. The quantitative estimate of drug-likeness (QED) is 0.0794. The molecule has 0 spiro atoms. The van der Waals surface area contributed by atoms with Crippen LogP contribution in [0.2, 0.25) is 0 Å². The van der Waals surface area contributed by atoms with Crippen LogP contribution in [0, 0.1) is 0 Å². The molecule has 0 aliphatic rings. The summed E-state index contributed by atoms with van der Waals surface area (Å²) in [5.74, 6) is -0.383. The van der Waals surface area contributed by atoms with Gasteiger partial charge in [0.2, 0.25) is 15.9 Å². The summed E-state index contributed by atoms with van der Waals surface area (Å²) in [4.78, 5) is 31.5. The van der Waals surface area contributed by atoms with Crippen molar-refractivity contribution in [2.24, 2.45) is 0 Å². The molecule has 3 aromatic rings. The van der Waals surface area contributed by atoms with Crippen molar-refractivity contribution in [3.8, 4) is 5.75 Å². The molecule has 0 radical (unpaired) electrons. The minimum Gasteiger partial charge on any atom is -0.495 e. The van der Waals surface area contributed by atoms with E-state index in [1.807, 2.05) is 0 Å². The fourth-order valence-electron chi connectivity index (χ4n) is 5.53. The van der Waals surface area contributed by atoms with Crippen molar-refractivity contribution in [2.45, 2.75) is 107 Å². The van der Waals surface area contributed by atoms with E-state index in [0.717, 1.165) is 17.1 Å². The third kappa shape index (κ3) is 11.6. The lowest BCUT2D eigenvalue weighted by atomic mass is 10.1. The highest BCUT2D eigenvalue weighted by molar-refractivity contribution is 7.89. The van der Waals surface area contributed by atoms with Crippen molar-refractivity contribution in [2.75, 3.05) is 39.7 Å². The first kappa shape index (κ1) is 39.4. The number of carbonyl (C=O) groups is 1. The normalized spacial score (nSPS) is 12.5. The molecule has 12 heteroatoms. The smallest absolute Gasteiger partial charge is 0.261 e. The maximum Gasteiger partial charge on any atom is 0.261 e. The van der Waals surface area contributed by atoms with Crippen molar-refractivity contribution in [3.63, 3.8) is 0 Å². The van der Waals surface area contributed by atoms with Gasteiger partial charge in [-0.2, -0.15) is 0 Å². The average molecular weight is 705 g/mol. The molecule has 0 aliphatic heterocycles. The fourth-order valence-corrected chi connectivity index (χ4v) is 6.66. The summed E-state index contributed by atoms with van der Waals surface area (Å²) in [6, 6.07) is 11.1. The zero-order valence-electron chi connectivity index (χ0n) is 29.0. The highest BCUT2D eigenvalue weighted by atomic mass is 35.5. The first-order valence-electron chi connectivity index (χ1n) is 17.2. The number of carbonyl (C=O) groups excluding carboxylic acids is 1. The predicted molar refractivity (Wildman–Crippen MR) is 194 cm³/mol. The summed E-state index contributed by atoms with van der Waals surface area (Å²) in [5, 5.41) is 1.81. The van der Waals surface area contributed by atoms with Crippen molar-refractivity contribution >= 4 is 44.1 Å². The van der Waals surface area contributed by atoms with Crippen molar-refractivity contribution in [1.82, 2.24) is 13.9 Å². The van der Waals surface area contributed by atoms with Crippen molar-refractivity contribution < 1.29 is 22.7 Å². The molecule has 3 rings (SSSR count). The molecule has 0 fully saturated rings. The van der Waals surface area contributed by atoms with Crippen molar-refractivity contribution in [1.29, 1.82) is 0 Å². The number of benzene rings is 2. The number of para-hydroxylation sites is 1. The molecule has 1 heterocycles. The number of methoxy groups -OCH3 is 1. The van der Waals surface area contributed by atoms with Gasteiger partial charge in [-0.25, -0.2) is 17.7 Å². The highest BCUT2D eigenvalue weighted by Crippen LogP contribution is 2.30. The molecule has 1 aromatic heterocycles. The molecule has 266 valence electrons. The molecule has 1 amide bonds. The van der Waals surface area contributed by atoms with Gasteiger partial charge in [0.25, 0.3) is 5.56 Å². The summed E-state index contributed by atoms with van der Waals surface area (Å²) in [5.41, 5.74) is 0.379. The van der Waals surface area contributed by atoms with E-state index in [4.69, 9.17) is 21.1 Å². The van der Waals surface area contributed by atoms with E-state index in [2.05, 4.69) is 17.2 Å². The summed E-state index contributed by atoms with van der Waals surface area (Å²) in [6.07, 6.45) is 16.0. The average Bonchev–Trinajstić information content (AvgIpc) is 3.08. The van der Waals surface area contributed by atoms with Gasteiger partial charge >= 0.3 is 0 Å². The maximum atomic E-state index is 13.5. The third-order valence-electron chi connectivity index (χ3n) is 8.37. The first-order valence-corrected chi connectivity index (χ1v) is 19.1. The zero-order chi connectivity index (χ0) is 34.9. The van der Waals surface area contributed by atoms with Crippen LogP contribution in [0.3, 0.4) is 0 Å². The van der Waals surface area contributed by atoms with Gasteiger partial charge in [-0.15, -0.1) is 11.6 Å². The molecule has 2 aromatic carbocycles. The van der Waals surface area contributed by atoms with E-state index < -0.39 is 21.3 Å². The number of rotatable bonds is 23. The Balaban J connectivity index is 1.55. The van der Waals surface area contributed by atoms with Gasteiger partial charge in [0, 0.05) is 39.9 Å². The molecule has 1 atom stereocenters. The second-order valence-corrected chi connectivity index (χ2v) is 14.9. The summed E-state index contributed by atoms with van der Waals surface area (Å²) >= 11 is 6.69. The maximum absolute atomic E-state index is 13.5. The molecule has 1 N–H and O–H groups in total. The molecule has 10 nitrogen and oxygen atoms in total. The van der Waals surface area contributed by atoms with E-state index in [1.54, 1.807) is 24.3 Å². The van der Waals surface area contributed by atoms with Crippen LogP contribution in [0.1, 0.15) is 102 Å². The van der Waals surface area contributed by atoms with Crippen LogP contribution in [0.5, 0.6) is 5.75 Å². The van der Waals surface area contributed by atoms with Gasteiger partial charge in [0.05, 0.1) is 28.6 Å². The molecule has 48 heavy (non-hydrogen) atoms. The molecular formula is C36H53ClN4O6S. The number of anilines is 1. The standard InChI is InChI=1S/C36H53ClN4O6S/c1-5-6-7-8-9-10-11-12-13-14-15-18-25-47-26-19-24-41-34(38-30-21-17-16-20-29(30)36(41)43)33(37)35(42)39-31-23-22-28(27-32(31)46-4)48(44,45)40(2)3/h16-17,20-23,27,33H,5-15,18-19,24-26H2,1-4H3,(H,39,42)/t33-/m0/s1. The molecular weight excluding hydrogens is 652 g/mol. The van der Waals surface area contributed by atoms with Gasteiger partial charge in [-0.05, 0) is 37.1 Å². The predicted octanol–water partition coefficient (Wildman–Crippen LogP) is 7.68. The van der Waals surface area contributed by atoms with Crippen LogP contribution in [0.25, 0.3) is 10.9 Å². The Labute approximate surface area is 291 Å². The lowest BCUT2D eigenvalue weighted by Gasteiger charge is -2.18. The monoisotopic (exact) mass is 704 g/mol. The first-order chi connectivity index (χ1) is 23.1. The Kier molecular flexibility index (Phi) is 16.9. The van der Waals surface area contributed by atoms with Gasteiger partial charge in [0.1, 0.15) is 11.6 Å². The third-order valence-corrected chi connectivity index (χ3v) is 10.6. The summed E-state index contributed by atoms with van der Waals surface area (Å²) < 4.78 is 38.9. The number of alkyl halides is 1. The number of hydrogen-bond acceptors (Lipinski definition) is 7. The number of nitrogens with one attached hydrogen (secondary N) is 1. The fraction of sp³-hybridized carbons (Fsp3) is 0.583. The summed E-state index contributed by atoms with van der Waals surface area (Å²) in [7, 11) is 0.514. The molecule has 0 aliphatic carbocycles. The van der Waals surface area contributed by atoms with E-state index >= 15 is 0 Å². The SMILES string of the molecule is CCCCCCCCCCCCCCOCCCn1c([C@H](Cl)C(=O)Nc2ccc(S(=O)(=O)N(C)C)cc2OC)nc2ccccc2c1=O. The molecule has 0 bridgehead atoms. The van der Waals surface area contributed by atoms with Crippen LogP contribution in [-0.4, -0.2) is 62.6 Å². The number of aromatic nitrogens is 2. The Morgan fingerprint density at radius 3 is 2.15 bits per heavy atom. The number of halogens is 1. The largest absolute Gasteiger partial charge is 0.495 e. The van der Waals surface area contributed by atoms with Crippen LogP contribution in [0.15, 0.2) is 52.2 Å². The van der Waals surface area contributed by atoms with Crippen LogP contribution < -0.4 is 15.6 Å². The number of sulfonamides is 1. The molecule has 0 saturated heterocycles. The van der Waals surface area contributed by atoms with Crippen LogP contribution in [-0.2, 0) is 26.1 Å². The highest BCUT2D eigenvalue weighted by Gasteiger charge is 2.26. The minimum absolute atomic E-state index is 0.0100. The molecule has 0 unspecified atom stereocenters. The van der Waals surface area contributed by atoms with E-state index in [-0.39, 0.29) is 34.3 Å². The Bertz CT molecular complexity index is 1610. The second kappa shape index (κ2) is 20.5. The lowest BCUT2D eigenvalue weighted by Crippen LogP contribution is -2.30. The van der Waals surface area contributed by atoms with E-state index in [1.165, 1.54) is 108 Å².